The van der Waals surface area contributed by atoms with Crippen LogP contribution in [0.25, 0.3) is 10.9 Å². The van der Waals surface area contributed by atoms with Gasteiger partial charge in [-0.25, -0.2) is 19.8 Å². The van der Waals surface area contributed by atoms with Crippen molar-refractivity contribution in [1.29, 1.82) is 0 Å². The van der Waals surface area contributed by atoms with Gasteiger partial charge in [0.1, 0.15) is 0 Å². The molecule has 1 N–H and O–H groups in total. The van der Waals surface area contributed by atoms with Crippen LogP contribution in [0.4, 0.5) is 10.5 Å². The van der Waals surface area contributed by atoms with E-state index in [2.05, 4.69) is 24.1 Å². The highest BCUT2D eigenvalue weighted by Crippen LogP contribution is 2.25. The predicted octanol–water partition coefficient (Wildman–Crippen LogP) is 4.08. The molecule has 0 bridgehead atoms. The molecule has 8 nitrogen and oxygen atoms in total. The Hall–Kier alpha value is -3.33. The predicted molar refractivity (Wildman–Crippen MR) is 135 cm³/mol. The first-order valence-corrected chi connectivity index (χ1v) is 12.7. The zero-order chi connectivity index (χ0) is 24.4. The molecule has 3 aromatic rings. The highest BCUT2D eigenvalue weighted by molar-refractivity contribution is 7.98. The number of para-hydroxylation sites is 1. The van der Waals surface area contributed by atoms with E-state index in [1.54, 1.807) is 25.2 Å². The largest absolute Gasteiger partial charge is 0.340 e. The number of nitrogens with one attached hydrogen (secondary N) is 1. The average molecular weight is 480 g/mol. The van der Waals surface area contributed by atoms with Gasteiger partial charge in [-0.05, 0) is 54.8 Å². The third kappa shape index (κ3) is 4.27. The Kier molecular flexibility index (Phi) is 6.92. The molecule has 2 aromatic carbocycles. The van der Waals surface area contributed by atoms with Crippen molar-refractivity contribution in [3.8, 4) is 0 Å². The molecule has 1 aliphatic rings. The number of carbonyl (C=O) groups excluding carboxylic acids is 2. The number of carbonyl (C=O) groups is 2. The van der Waals surface area contributed by atoms with Crippen LogP contribution in [0.15, 0.2) is 46.3 Å². The SMILES string of the molecule is CCc1cccc(CC)c1NC(=O)N1CCCN1C(=O)c1ccc2c(=O)n(C)c(SC)nc2c1. The highest BCUT2D eigenvalue weighted by Gasteiger charge is 2.32. The smallest absolute Gasteiger partial charge is 0.306 e. The molecule has 1 aromatic heterocycles. The standard InChI is InChI=1S/C25H29N5O3S/c1-5-16-9-7-10-17(6-2)21(16)27-24(33)30-14-8-13-29(30)22(31)18-11-12-19-20(15-18)26-25(34-4)28(3)23(19)32/h7,9-12,15H,5-6,8,13-14H2,1-4H3,(H,27,33). The van der Waals surface area contributed by atoms with Crippen molar-refractivity contribution in [2.24, 2.45) is 7.05 Å². The minimum Gasteiger partial charge on any atom is -0.306 e. The topological polar surface area (TPSA) is 87.5 Å². The number of hydrazine groups is 1. The van der Waals surface area contributed by atoms with Crippen LogP contribution in [-0.2, 0) is 19.9 Å². The number of rotatable bonds is 5. The monoisotopic (exact) mass is 479 g/mol. The lowest BCUT2D eigenvalue weighted by Gasteiger charge is -2.29. The fourth-order valence-electron chi connectivity index (χ4n) is 4.32. The molecule has 1 aliphatic heterocycles. The van der Waals surface area contributed by atoms with Gasteiger partial charge in [-0.15, -0.1) is 0 Å². The van der Waals surface area contributed by atoms with Crippen molar-refractivity contribution < 1.29 is 9.59 Å². The molecule has 0 spiro atoms. The summed E-state index contributed by atoms with van der Waals surface area (Å²) in [4.78, 5) is 43.8. The lowest BCUT2D eigenvalue weighted by atomic mass is 10.0. The lowest BCUT2D eigenvalue weighted by Crippen LogP contribution is -2.47. The van der Waals surface area contributed by atoms with Crippen molar-refractivity contribution in [2.45, 2.75) is 38.3 Å². The molecule has 1 saturated heterocycles. The Bertz CT molecular complexity index is 1300. The Morgan fingerprint density at radius 3 is 2.38 bits per heavy atom. The maximum absolute atomic E-state index is 13.4. The van der Waals surface area contributed by atoms with Gasteiger partial charge in [0.05, 0.1) is 10.9 Å². The van der Waals surface area contributed by atoms with Gasteiger partial charge in [0.15, 0.2) is 5.16 Å². The molecule has 0 saturated carbocycles. The maximum Gasteiger partial charge on any atom is 0.340 e. The molecular weight excluding hydrogens is 450 g/mol. The van der Waals surface area contributed by atoms with Crippen molar-refractivity contribution >= 4 is 40.3 Å². The second-order valence-electron chi connectivity index (χ2n) is 8.19. The highest BCUT2D eigenvalue weighted by atomic mass is 32.2. The molecule has 4 rings (SSSR count). The Morgan fingerprint density at radius 1 is 1.06 bits per heavy atom. The molecule has 0 radical (unpaired) electrons. The minimum atomic E-state index is -0.320. The van der Waals surface area contributed by atoms with E-state index in [1.807, 2.05) is 24.5 Å². The summed E-state index contributed by atoms with van der Waals surface area (Å²) in [5.41, 5.74) is 3.67. The molecule has 9 heteroatoms. The number of anilines is 1. The number of amides is 3. The second-order valence-corrected chi connectivity index (χ2v) is 8.96. The summed E-state index contributed by atoms with van der Waals surface area (Å²) in [7, 11) is 1.68. The summed E-state index contributed by atoms with van der Waals surface area (Å²) in [6.45, 7) is 5.01. The van der Waals surface area contributed by atoms with Gasteiger partial charge in [0.2, 0.25) is 0 Å². The third-order valence-electron chi connectivity index (χ3n) is 6.20. The van der Waals surface area contributed by atoms with Crippen LogP contribution in [0.5, 0.6) is 0 Å². The number of hydrogen-bond acceptors (Lipinski definition) is 5. The number of thioether (sulfide) groups is 1. The van der Waals surface area contributed by atoms with Crippen LogP contribution in [0.1, 0.15) is 41.8 Å². The van der Waals surface area contributed by atoms with E-state index in [-0.39, 0.29) is 17.5 Å². The zero-order valence-corrected chi connectivity index (χ0v) is 20.7. The number of aromatic nitrogens is 2. The van der Waals surface area contributed by atoms with Crippen molar-refractivity contribution in [2.75, 3.05) is 24.7 Å². The van der Waals surface area contributed by atoms with Crippen LogP contribution in [0.3, 0.4) is 0 Å². The van der Waals surface area contributed by atoms with Crippen LogP contribution < -0.4 is 10.9 Å². The van der Waals surface area contributed by atoms with Crippen LogP contribution >= 0.6 is 11.8 Å². The van der Waals surface area contributed by atoms with Crippen LogP contribution in [0, 0.1) is 0 Å². The summed E-state index contributed by atoms with van der Waals surface area (Å²) < 4.78 is 1.50. The van der Waals surface area contributed by atoms with Crippen molar-refractivity contribution in [1.82, 2.24) is 19.6 Å². The molecule has 1 fully saturated rings. The summed E-state index contributed by atoms with van der Waals surface area (Å²) in [6, 6.07) is 10.6. The molecule has 178 valence electrons. The van der Waals surface area contributed by atoms with Gasteiger partial charge in [-0.1, -0.05) is 43.8 Å². The van der Waals surface area contributed by atoms with Gasteiger partial charge in [-0.2, -0.15) is 0 Å². The first-order valence-electron chi connectivity index (χ1n) is 11.4. The zero-order valence-electron chi connectivity index (χ0n) is 19.9. The first-order chi connectivity index (χ1) is 16.4. The normalized spacial score (nSPS) is 13.5. The number of nitrogens with zero attached hydrogens (tertiary/aromatic N) is 4. The van der Waals surface area contributed by atoms with E-state index < -0.39 is 0 Å². The number of hydrogen-bond donors (Lipinski definition) is 1. The fourth-order valence-corrected chi connectivity index (χ4v) is 4.87. The number of urea groups is 1. The maximum atomic E-state index is 13.4. The van der Waals surface area contributed by atoms with E-state index in [0.29, 0.717) is 41.1 Å². The number of aryl methyl sites for hydroxylation is 2. The third-order valence-corrected chi connectivity index (χ3v) is 6.93. The van der Waals surface area contributed by atoms with E-state index in [0.717, 1.165) is 29.7 Å². The van der Waals surface area contributed by atoms with E-state index in [4.69, 9.17) is 0 Å². The average Bonchev–Trinajstić information content (AvgIpc) is 3.35. The van der Waals surface area contributed by atoms with Gasteiger partial charge in [-0.3, -0.25) is 14.2 Å². The quantitative estimate of drug-likeness (QED) is 0.440. The van der Waals surface area contributed by atoms with Gasteiger partial charge in [0, 0.05) is 31.4 Å². The van der Waals surface area contributed by atoms with E-state index in [1.165, 1.54) is 26.3 Å². The van der Waals surface area contributed by atoms with Gasteiger partial charge < -0.3 is 5.32 Å². The van der Waals surface area contributed by atoms with Crippen molar-refractivity contribution in [3.05, 3.63) is 63.4 Å². The fraction of sp³-hybridized carbons (Fsp3) is 0.360. The van der Waals surface area contributed by atoms with Crippen LogP contribution in [-0.4, -0.2) is 50.9 Å². The molecule has 0 atom stereocenters. The molecular formula is C25H29N5O3S. The molecule has 3 amide bonds. The van der Waals surface area contributed by atoms with Gasteiger partial charge >= 0.3 is 6.03 Å². The summed E-state index contributed by atoms with van der Waals surface area (Å²) in [6.07, 6.45) is 4.14. The van der Waals surface area contributed by atoms with Crippen molar-refractivity contribution in [3.63, 3.8) is 0 Å². The second kappa shape index (κ2) is 9.89. The summed E-state index contributed by atoms with van der Waals surface area (Å²) >= 11 is 1.37. The Balaban J connectivity index is 1.62. The molecule has 0 unspecified atom stereocenters. The summed E-state index contributed by atoms with van der Waals surface area (Å²) in [5, 5.41) is 7.04. The first kappa shape index (κ1) is 23.8. The number of fused-ring (bicyclic) bond motifs is 1. The molecule has 2 heterocycles. The molecule has 34 heavy (non-hydrogen) atoms. The number of benzene rings is 2. The Labute approximate surface area is 202 Å². The van der Waals surface area contributed by atoms with Gasteiger partial charge in [0.25, 0.3) is 11.5 Å². The summed E-state index contributed by atoms with van der Waals surface area (Å²) in [5.74, 6) is -0.290. The van der Waals surface area contributed by atoms with E-state index in [9.17, 15) is 14.4 Å². The van der Waals surface area contributed by atoms with E-state index >= 15 is 0 Å². The Morgan fingerprint density at radius 2 is 1.74 bits per heavy atom. The minimum absolute atomic E-state index is 0.156. The lowest BCUT2D eigenvalue weighted by molar-refractivity contribution is 0.0404. The molecule has 0 aliphatic carbocycles. The van der Waals surface area contributed by atoms with Crippen LogP contribution in [0.2, 0.25) is 0 Å².